The molecule has 0 aliphatic rings. The molecule has 7 heteroatoms. The molecule has 0 rings (SSSR count). The number of nitrogens with zero attached hydrogens (tertiary/aromatic N) is 3. The molecule has 0 spiro atoms. The molecule has 0 heterocycles. The highest BCUT2D eigenvalue weighted by Crippen LogP contribution is 2.01. The maximum absolute atomic E-state index is 9.80. The van der Waals surface area contributed by atoms with E-state index in [0.717, 1.165) is 10.4 Å². The molecule has 4 nitrogen and oxygen atoms in total. The minimum Gasteiger partial charge on any atom is -0.771 e. The summed E-state index contributed by atoms with van der Waals surface area (Å²) in [4.78, 5) is 6.20. The van der Waals surface area contributed by atoms with Gasteiger partial charge in [-0.2, -0.15) is 13.2 Å². The number of alkyl halides is 3. The molecular formula is C8H18F3N3O. The van der Waals surface area contributed by atoms with Crippen LogP contribution in [0.25, 0.3) is 0 Å². The van der Waals surface area contributed by atoms with Gasteiger partial charge in [-0.15, -0.1) is 0 Å². The molecule has 0 aromatic carbocycles. The second-order valence-corrected chi connectivity index (χ2v) is 3.88. The van der Waals surface area contributed by atoms with Crippen molar-refractivity contribution >= 4 is 5.96 Å². The van der Waals surface area contributed by atoms with Gasteiger partial charge in [-0.3, -0.25) is 4.48 Å². The van der Waals surface area contributed by atoms with E-state index in [2.05, 4.69) is 26.1 Å². The number of hydrogen-bond donors (Lipinski definition) is 0. The molecule has 0 aromatic rings. The van der Waals surface area contributed by atoms with Gasteiger partial charge in [-0.05, 0) is 0 Å². The van der Waals surface area contributed by atoms with Gasteiger partial charge in [-0.25, -0.2) is 4.99 Å². The molecule has 0 saturated heterocycles. The lowest BCUT2D eigenvalue weighted by atomic mass is 10.6. The van der Waals surface area contributed by atoms with Crippen LogP contribution in [0.5, 0.6) is 0 Å². The Bertz CT molecular complexity index is 200. The van der Waals surface area contributed by atoms with Gasteiger partial charge in [0.2, 0.25) is 0 Å². The predicted octanol–water partition coefficient (Wildman–Crippen LogP) is 0.106. The van der Waals surface area contributed by atoms with Gasteiger partial charge in [-0.1, -0.05) is 0 Å². The third-order valence-corrected chi connectivity index (χ3v) is 1.20. The van der Waals surface area contributed by atoms with E-state index in [9.17, 15) is 13.2 Å². The summed E-state index contributed by atoms with van der Waals surface area (Å²) >= 11 is 0. The molecule has 0 saturated carbocycles. The standard InChI is InChI=1S/C7H18N3.CF3O/c1-8-7(9(2)3)10(4,5)6;2-1(3,4)5/h1-6H3;/q+1;-1. The van der Waals surface area contributed by atoms with Crippen molar-refractivity contribution < 1.29 is 22.8 Å². The molecular weight excluding hydrogens is 211 g/mol. The minimum absolute atomic E-state index is 0.767. The molecule has 0 unspecified atom stereocenters. The Morgan fingerprint density at radius 2 is 1.47 bits per heavy atom. The van der Waals surface area contributed by atoms with Gasteiger partial charge >= 0.3 is 6.36 Å². The number of hydrogen-bond acceptors (Lipinski definition) is 2. The quantitative estimate of drug-likeness (QED) is 0.336. The fourth-order valence-corrected chi connectivity index (χ4v) is 1.10. The summed E-state index contributed by atoms with van der Waals surface area (Å²) < 4.78 is 30.2. The SMILES string of the molecule is CN=C(N(C)C)[N+](C)(C)C.[O-]C(F)(F)F. The predicted molar refractivity (Wildman–Crippen MR) is 51.1 cm³/mol. The molecule has 0 amide bonds. The first kappa shape index (κ1) is 16.6. The van der Waals surface area contributed by atoms with Crippen LogP contribution in [0.15, 0.2) is 4.99 Å². The topological polar surface area (TPSA) is 38.7 Å². The van der Waals surface area contributed by atoms with E-state index in [4.69, 9.17) is 5.11 Å². The van der Waals surface area contributed by atoms with E-state index in [1.54, 1.807) is 0 Å². The number of aliphatic imine (C=N–C) groups is 1. The second kappa shape index (κ2) is 5.92. The van der Waals surface area contributed by atoms with Crippen molar-refractivity contribution in [2.75, 3.05) is 42.3 Å². The van der Waals surface area contributed by atoms with Gasteiger partial charge in [0.15, 0.2) is 0 Å². The van der Waals surface area contributed by atoms with Crippen LogP contribution in [0.4, 0.5) is 13.2 Å². The Hall–Kier alpha value is -0.820. The number of guanidine groups is 1. The van der Waals surface area contributed by atoms with E-state index in [1.165, 1.54) is 0 Å². The Morgan fingerprint density at radius 3 is 1.47 bits per heavy atom. The maximum Gasteiger partial charge on any atom is 0.331 e. The molecule has 0 radical (unpaired) electrons. The lowest BCUT2D eigenvalue weighted by Crippen LogP contribution is -2.48. The molecule has 0 atom stereocenters. The van der Waals surface area contributed by atoms with Crippen molar-refractivity contribution in [3.8, 4) is 0 Å². The summed E-state index contributed by atoms with van der Waals surface area (Å²) in [5, 5.41) is 8.10. The van der Waals surface area contributed by atoms with Crippen LogP contribution >= 0.6 is 0 Å². The number of rotatable bonds is 0. The summed E-state index contributed by atoms with van der Waals surface area (Å²) in [6.45, 7) is 0. The molecule has 0 bridgehead atoms. The van der Waals surface area contributed by atoms with E-state index in [-0.39, 0.29) is 0 Å². The summed E-state index contributed by atoms with van der Waals surface area (Å²) in [7, 11) is 12.1. The van der Waals surface area contributed by atoms with Crippen LogP contribution in [0.2, 0.25) is 0 Å². The largest absolute Gasteiger partial charge is 0.771 e. The van der Waals surface area contributed by atoms with Crippen molar-refractivity contribution in [1.82, 2.24) is 4.90 Å². The van der Waals surface area contributed by atoms with Crippen molar-refractivity contribution in [1.29, 1.82) is 0 Å². The zero-order valence-corrected chi connectivity index (χ0v) is 9.88. The lowest BCUT2D eigenvalue weighted by Gasteiger charge is -2.28. The lowest BCUT2D eigenvalue weighted by molar-refractivity contribution is -0.782. The van der Waals surface area contributed by atoms with E-state index in [1.807, 2.05) is 26.0 Å². The van der Waals surface area contributed by atoms with Gasteiger partial charge in [0.05, 0.1) is 21.1 Å². The molecule has 0 aromatic heterocycles. The Kier molecular flexibility index (Phi) is 6.55. The molecule has 92 valence electrons. The van der Waals surface area contributed by atoms with E-state index < -0.39 is 6.36 Å². The summed E-state index contributed by atoms with van der Waals surface area (Å²) in [5.41, 5.74) is 0. The monoisotopic (exact) mass is 229 g/mol. The molecule has 0 aliphatic heterocycles. The van der Waals surface area contributed by atoms with Gasteiger partial charge in [0, 0.05) is 21.1 Å². The van der Waals surface area contributed by atoms with Gasteiger partial charge in [0.25, 0.3) is 5.96 Å². The fraction of sp³-hybridized carbons (Fsp3) is 0.875. The third-order valence-electron chi connectivity index (χ3n) is 1.20. The van der Waals surface area contributed by atoms with Crippen molar-refractivity contribution in [2.24, 2.45) is 4.99 Å². The first-order valence-corrected chi connectivity index (χ1v) is 4.13. The van der Waals surface area contributed by atoms with Crippen LogP contribution in [-0.2, 0) is 0 Å². The zero-order chi connectivity index (χ0) is 12.9. The highest BCUT2D eigenvalue weighted by atomic mass is 19.4. The molecule has 15 heavy (non-hydrogen) atoms. The van der Waals surface area contributed by atoms with Crippen LogP contribution in [0.1, 0.15) is 0 Å². The number of halogens is 3. The molecule has 0 fully saturated rings. The van der Waals surface area contributed by atoms with Crippen LogP contribution in [-0.4, -0.2) is 64.0 Å². The zero-order valence-electron chi connectivity index (χ0n) is 9.88. The van der Waals surface area contributed by atoms with Crippen molar-refractivity contribution in [3.63, 3.8) is 0 Å². The normalized spacial score (nSPS) is 13.1. The smallest absolute Gasteiger partial charge is 0.331 e. The Morgan fingerprint density at radius 1 is 1.20 bits per heavy atom. The minimum atomic E-state index is -5.25. The highest BCUT2D eigenvalue weighted by Gasteiger charge is 2.18. The Balaban J connectivity index is 0. The van der Waals surface area contributed by atoms with Gasteiger partial charge in [0.1, 0.15) is 0 Å². The van der Waals surface area contributed by atoms with E-state index in [0.29, 0.717) is 0 Å². The van der Waals surface area contributed by atoms with Crippen LogP contribution < -0.4 is 5.11 Å². The van der Waals surface area contributed by atoms with Crippen molar-refractivity contribution in [2.45, 2.75) is 6.36 Å². The maximum atomic E-state index is 9.80. The average Bonchev–Trinajstić information content (AvgIpc) is 1.78. The Labute approximate surface area is 88.2 Å². The van der Waals surface area contributed by atoms with Gasteiger partial charge < -0.3 is 10.0 Å². The summed E-state index contributed by atoms with van der Waals surface area (Å²) in [5.74, 6) is 1.07. The first-order chi connectivity index (χ1) is 6.39. The third kappa shape index (κ3) is 13.2. The van der Waals surface area contributed by atoms with Crippen molar-refractivity contribution in [3.05, 3.63) is 0 Å². The highest BCUT2D eigenvalue weighted by molar-refractivity contribution is 5.72. The second-order valence-electron chi connectivity index (χ2n) is 3.88. The molecule has 0 aliphatic carbocycles. The fourth-order valence-electron chi connectivity index (χ4n) is 1.10. The summed E-state index contributed by atoms with van der Waals surface area (Å²) in [6, 6.07) is 0. The number of quaternary nitrogens is 1. The molecule has 0 N–H and O–H groups in total. The van der Waals surface area contributed by atoms with Crippen LogP contribution in [0, 0.1) is 0 Å². The first-order valence-electron chi connectivity index (χ1n) is 4.13. The average molecular weight is 229 g/mol. The van der Waals surface area contributed by atoms with Crippen LogP contribution in [0.3, 0.4) is 0 Å². The van der Waals surface area contributed by atoms with E-state index >= 15 is 0 Å². The summed E-state index contributed by atoms with van der Waals surface area (Å²) in [6.07, 6.45) is -5.25.